The highest BCUT2D eigenvalue weighted by molar-refractivity contribution is 7.86. The lowest BCUT2D eigenvalue weighted by Gasteiger charge is -2.23. The van der Waals surface area contributed by atoms with Crippen molar-refractivity contribution in [3.05, 3.63) is 12.7 Å². The van der Waals surface area contributed by atoms with E-state index in [2.05, 4.69) is 11.9 Å². The van der Waals surface area contributed by atoms with Gasteiger partial charge in [-0.25, -0.2) is 0 Å². The quantitative estimate of drug-likeness (QED) is 0.474. The van der Waals surface area contributed by atoms with Crippen LogP contribution in [0.4, 0.5) is 0 Å². The van der Waals surface area contributed by atoms with Crippen LogP contribution in [0, 0.1) is 0 Å². The van der Waals surface area contributed by atoms with Crippen molar-refractivity contribution in [1.82, 2.24) is 11.5 Å². The van der Waals surface area contributed by atoms with Crippen LogP contribution in [0.3, 0.4) is 0 Å². The fourth-order valence-electron chi connectivity index (χ4n) is 1.54. The molecule has 0 rings (SSSR count). The first-order valence-electron chi connectivity index (χ1n) is 5.26. The topological polar surface area (TPSA) is 118 Å². The zero-order chi connectivity index (χ0) is 12.8. The van der Waals surface area contributed by atoms with Crippen LogP contribution in [-0.2, 0) is 14.9 Å². The minimum Gasteiger partial charge on any atom is -0.348 e. The number of carbonyl (C=O) groups is 1. The zero-order valence-electron chi connectivity index (χ0n) is 10.3. The summed E-state index contributed by atoms with van der Waals surface area (Å²) >= 11 is 0. The average Bonchev–Trinajstić information content (AvgIpc) is 2.21. The number of hydrogen-bond donors (Lipinski definition) is 3. The van der Waals surface area contributed by atoms with Crippen LogP contribution in [0.1, 0.15) is 33.1 Å². The van der Waals surface area contributed by atoms with Gasteiger partial charge in [0.25, 0.3) is 10.1 Å². The lowest BCUT2D eigenvalue weighted by Crippen LogP contribution is -2.45. The molecule has 0 bridgehead atoms. The Balaban J connectivity index is 0. The van der Waals surface area contributed by atoms with Crippen molar-refractivity contribution in [1.29, 1.82) is 0 Å². The van der Waals surface area contributed by atoms with E-state index in [1.807, 2.05) is 6.92 Å². The maximum absolute atomic E-state index is 11.2. The van der Waals surface area contributed by atoms with Gasteiger partial charge in [0.05, 0.1) is 0 Å². The summed E-state index contributed by atoms with van der Waals surface area (Å²) in [5.74, 6) is -0.434. The normalized spacial score (nSPS) is 14.3. The second-order valence-electron chi connectivity index (χ2n) is 3.57. The largest absolute Gasteiger partial charge is 0.348 e. The predicted molar refractivity (Wildman–Crippen MR) is 67.7 cm³/mol. The Morgan fingerprint density at radius 2 is 2.00 bits per heavy atom. The lowest BCUT2D eigenvalue weighted by molar-refractivity contribution is -0.117. The average molecular weight is 266 g/mol. The van der Waals surface area contributed by atoms with Crippen molar-refractivity contribution in [3.63, 3.8) is 0 Å². The first kappa shape index (κ1) is 18.4. The fourth-order valence-corrected chi connectivity index (χ4v) is 2.75. The van der Waals surface area contributed by atoms with Gasteiger partial charge >= 0.3 is 0 Å². The second-order valence-corrected chi connectivity index (χ2v) is 5.20. The van der Waals surface area contributed by atoms with Crippen LogP contribution >= 0.6 is 0 Å². The van der Waals surface area contributed by atoms with Crippen LogP contribution in [0.5, 0.6) is 0 Å². The molecule has 6 nitrogen and oxygen atoms in total. The molecule has 0 fully saturated rings. The molecule has 0 saturated carbocycles. The Kier molecular flexibility index (Phi) is 8.91. The van der Waals surface area contributed by atoms with E-state index in [1.165, 1.54) is 0 Å². The molecule has 0 aliphatic heterocycles. The molecule has 7 heteroatoms. The minimum atomic E-state index is -4.14. The Bertz CT molecular complexity index is 340. The monoisotopic (exact) mass is 266 g/mol. The maximum Gasteiger partial charge on any atom is 0.269 e. The van der Waals surface area contributed by atoms with Crippen molar-refractivity contribution >= 4 is 16.0 Å². The minimum absolute atomic E-state index is 0. The number of nitrogens with one attached hydrogen (secondary N) is 1. The number of rotatable bonds is 7. The van der Waals surface area contributed by atoms with Crippen LogP contribution in [0.25, 0.3) is 0 Å². The standard InChI is InChI=1S/C10H19NO4S.H3N/c1-4-7-9(16(13,14)15)8(5-2)11-10(12)6-3;/h6,8-9H,3-5,7H2,1-2H3,(H,11,12)(H,13,14,15);1H3. The summed E-state index contributed by atoms with van der Waals surface area (Å²) in [6.45, 7) is 6.86. The van der Waals surface area contributed by atoms with Gasteiger partial charge in [0.2, 0.25) is 5.91 Å². The number of hydrogen-bond acceptors (Lipinski definition) is 4. The highest BCUT2D eigenvalue weighted by Gasteiger charge is 2.30. The molecule has 0 aromatic rings. The van der Waals surface area contributed by atoms with Gasteiger partial charge in [-0.1, -0.05) is 26.8 Å². The summed E-state index contributed by atoms with van der Waals surface area (Å²) in [4.78, 5) is 11.1. The molecule has 2 atom stereocenters. The Morgan fingerprint density at radius 1 is 1.47 bits per heavy atom. The van der Waals surface area contributed by atoms with Crippen molar-refractivity contribution in [2.24, 2.45) is 0 Å². The molecule has 0 saturated heterocycles. The van der Waals surface area contributed by atoms with Gasteiger partial charge in [-0.2, -0.15) is 8.42 Å². The molecule has 17 heavy (non-hydrogen) atoms. The summed E-state index contributed by atoms with van der Waals surface area (Å²) in [6, 6.07) is -0.583. The van der Waals surface area contributed by atoms with E-state index in [0.717, 1.165) is 6.08 Å². The molecule has 1 amide bonds. The molecule has 2 unspecified atom stereocenters. The van der Waals surface area contributed by atoms with Crippen LogP contribution < -0.4 is 11.5 Å². The molecule has 0 aromatic carbocycles. The van der Waals surface area contributed by atoms with Crippen LogP contribution in [0.15, 0.2) is 12.7 Å². The Labute approximate surface area is 103 Å². The van der Waals surface area contributed by atoms with E-state index in [1.54, 1.807) is 6.92 Å². The smallest absolute Gasteiger partial charge is 0.269 e. The number of amides is 1. The van der Waals surface area contributed by atoms with E-state index in [-0.39, 0.29) is 6.15 Å². The van der Waals surface area contributed by atoms with Crippen LogP contribution in [0.2, 0.25) is 0 Å². The Hall–Kier alpha value is -0.920. The molecule has 5 N–H and O–H groups in total. The van der Waals surface area contributed by atoms with E-state index >= 15 is 0 Å². The highest BCUT2D eigenvalue weighted by atomic mass is 32.2. The van der Waals surface area contributed by atoms with Crippen molar-refractivity contribution in [3.8, 4) is 0 Å². The van der Waals surface area contributed by atoms with Gasteiger partial charge in [-0.15, -0.1) is 0 Å². The molecule has 0 aliphatic rings. The van der Waals surface area contributed by atoms with Crippen molar-refractivity contribution in [2.75, 3.05) is 0 Å². The van der Waals surface area contributed by atoms with E-state index in [0.29, 0.717) is 19.3 Å². The maximum atomic E-state index is 11.2. The molecular weight excluding hydrogens is 244 g/mol. The van der Waals surface area contributed by atoms with Gasteiger partial charge in [0, 0.05) is 6.04 Å². The van der Waals surface area contributed by atoms with E-state index in [4.69, 9.17) is 4.55 Å². The van der Waals surface area contributed by atoms with E-state index < -0.39 is 27.3 Å². The van der Waals surface area contributed by atoms with Crippen molar-refractivity contribution < 1.29 is 17.8 Å². The third-order valence-corrected chi connectivity index (χ3v) is 3.69. The van der Waals surface area contributed by atoms with Gasteiger partial charge < -0.3 is 11.5 Å². The number of carbonyl (C=O) groups excluding carboxylic acids is 1. The molecule has 0 spiro atoms. The fraction of sp³-hybridized carbons (Fsp3) is 0.700. The predicted octanol–water partition coefficient (Wildman–Crippen LogP) is 1.29. The summed E-state index contributed by atoms with van der Waals surface area (Å²) in [6.07, 6.45) is 2.44. The third-order valence-electron chi connectivity index (χ3n) is 2.36. The second kappa shape index (κ2) is 8.21. The van der Waals surface area contributed by atoms with Crippen LogP contribution in [-0.4, -0.2) is 30.2 Å². The summed E-state index contributed by atoms with van der Waals surface area (Å²) in [5.41, 5.74) is 0. The van der Waals surface area contributed by atoms with Gasteiger partial charge in [-0.05, 0) is 18.9 Å². The summed E-state index contributed by atoms with van der Waals surface area (Å²) in [7, 11) is -4.14. The highest BCUT2D eigenvalue weighted by Crippen LogP contribution is 2.14. The first-order chi connectivity index (χ1) is 7.36. The Morgan fingerprint density at radius 3 is 2.29 bits per heavy atom. The first-order valence-corrected chi connectivity index (χ1v) is 6.76. The van der Waals surface area contributed by atoms with Gasteiger partial charge in [0.15, 0.2) is 0 Å². The molecular formula is C10H22N2O4S. The molecule has 0 radical (unpaired) electrons. The lowest BCUT2D eigenvalue weighted by atomic mass is 10.1. The van der Waals surface area contributed by atoms with Gasteiger partial charge in [0.1, 0.15) is 5.25 Å². The molecule has 0 heterocycles. The SMILES string of the molecule is C=CC(=O)NC(CC)C(CCC)S(=O)(=O)O.N. The molecule has 0 aliphatic carbocycles. The third kappa shape index (κ3) is 6.40. The van der Waals surface area contributed by atoms with Gasteiger partial charge in [-0.3, -0.25) is 9.35 Å². The molecule has 0 aromatic heterocycles. The summed E-state index contributed by atoms with van der Waals surface area (Å²) < 4.78 is 31.4. The summed E-state index contributed by atoms with van der Waals surface area (Å²) in [5, 5.41) is 1.56. The zero-order valence-corrected chi connectivity index (χ0v) is 11.2. The van der Waals surface area contributed by atoms with Crippen molar-refractivity contribution in [2.45, 2.75) is 44.4 Å². The van der Waals surface area contributed by atoms with E-state index in [9.17, 15) is 13.2 Å². The molecule has 102 valence electrons.